The highest BCUT2D eigenvalue weighted by Crippen LogP contribution is 2.19. The van der Waals surface area contributed by atoms with Gasteiger partial charge in [-0.2, -0.15) is 0 Å². The van der Waals surface area contributed by atoms with E-state index in [1.54, 1.807) is 0 Å². The second-order valence-corrected chi connectivity index (χ2v) is 11.8. The van der Waals surface area contributed by atoms with Crippen molar-refractivity contribution in [2.24, 2.45) is 0 Å². The van der Waals surface area contributed by atoms with Crippen molar-refractivity contribution in [3.05, 3.63) is 60.2 Å². The Morgan fingerprint density at radius 2 is 1.85 bits per heavy atom. The Labute approximate surface area is 155 Å². The van der Waals surface area contributed by atoms with Gasteiger partial charge in [0.05, 0.1) is 12.0 Å². The second-order valence-electron chi connectivity index (χ2n) is 7.54. The largest absolute Gasteiger partial charge is 0.466 e. The van der Waals surface area contributed by atoms with E-state index in [1.807, 2.05) is 12.1 Å². The number of benzene rings is 2. The van der Waals surface area contributed by atoms with Gasteiger partial charge >= 0.3 is 0 Å². The van der Waals surface area contributed by atoms with Gasteiger partial charge in [0.2, 0.25) is 0 Å². The molecule has 3 aromatic rings. The highest BCUT2D eigenvalue weighted by atomic mass is 28.3. The minimum absolute atomic E-state index is 0.0622. The molecule has 2 aromatic carbocycles. The van der Waals surface area contributed by atoms with Crippen LogP contribution in [0.25, 0.3) is 11.0 Å². The van der Waals surface area contributed by atoms with Crippen molar-refractivity contribution in [1.29, 1.82) is 0 Å². The summed E-state index contributed by atoms with van der Waals surface area (Å²) < 4.78 is 18.0. The highest BCUT2D eigenvalue weighted by molar-refractivity contribution is 7.00. The molecular weight excluding hydrogens is 340 g/mol. The Hall–Kier alpha value is -1.88. The fourth-order valence-electron chi connectivity index (χ4n) is 3.70. The fraction of sp³-hybridized carbons (Fsp3) is 0.364. The van der Waals surface area contributed by atoms with E-state index < -0.39 is 8.07 Å². The zero-order valence-corrected chi connectivity index (χ0v) is 16.5. The Morgan fingerprint density at radius 3 is 2.65 bits per heavy atom. The van der Waals surface area contributed by atoms with Crippen molar-refractivity contribution in [2.45, 2.75) is 45.3 Å². The number of para-hydroxylation sites is 1. The van der Waals surface area contributed by atoms with Crippen molar-refractivity contribution < 1.29 is 13.9 Å². The average molecular weight is 367 g/mol. The molecule has 1 fully saturated rings. The van der Waals surface area contributed by atoms with Crippen LogP contribution < -0.4 is 10.6 Å². The summed E-state index contributed by atoms with van der Waals surface area (Å²) in [5.41, 5.74) is 2.21. The maximum absolute atomic E-state index is 6.23. The fourth-order valence-corrected chi connectivity index (χ4v) is 6.32. The number of furan rings is 1. The second kappa shape index (κ2) is 7.39. The molecule has 1 unspecified atom stereocenters. The molecule has 1 saturated heterocycles. The van der Waals surface area contributed by atoms with Crippen LogP contribution in [-0.2, 0) is 16.1 Å². The third-order valence-corrected chi connectivity index (χ3v) is 8.61. The van der Waals surface area contributed by atoms with Crippen LogP contribution >= 0.6 is 0 Å². The number of hydrogen-bond acceptors (Lipinski definition) is 3. The number of fused-ring (bicyclic) bond motifs is 1. The molecule has 0 saturated carbocycles. The van der Waals surface area contributed by atoms with Crippen LogP contribution in [0.5, 0.6) is 0 Å². The van der Waals surface area contributed by atoms with Crippen LogP contribution in [0.2, 0.25) is 13.1 Å². The SMILES string of the molecule is C[Si](C)(c1cc2ccccc2o1)c1ccccc1COC1CCCCO1. The predicted octanol–water partition coefficient (Wildman–Crippen LogP) is 4.30. The van der Waals surface area contributed by atoms with E-state index in [0.717, 1.165) is 30.4 Å². The maximum Gasteiger partial charge on any atom is 0.158 e. The third kappa shape index (κ3) is 3.50. The monoisotopic (exact) mass is 366 g/mol. The lowest BCUT2D eigenvalue weighted by Gasteiger charge is -2.26. The molecule has 1 aliphatic rings. The van der Waals surface area contributed by atoms with E-state index in [-0.39, 0.29) is 6.29 Å². The van der Waals surface area contributed by atoms with Crippen LogP contribution in [0.15, 0.2) is 59.0 Å². The van der Waals surface area contributed by atoms with Crippen LogP contribution in [0.4, 0.5) is 0 Å². The standard InChI is InChI=1S/C22H26O3Si/c1-26(2,22-15-17-9-3-5-11-19(17)25-22)20-12-6-4-10-18(20)16-24-21-13-7-8-14-23-21/h3-6,9-12,15,21H,7-8,13-14,16H2,1-2H3. The molecule has 0 bridgehead atoms. The normalized spacial score (nSPS) is 18.3. The van der Waals surface area contributed by atoms with E-state index in [4.69, 9.17) is 13.9 Å². The van der Waals surface area contributed by atoms with E-state index >= 15 is 0 Å². The molecule has 1 aliphatic heterocycles. The topological polar surface area (TPSA) is 31.6 Å². The molecule has 0 aliphatic carbocycles. The molecule has 136 valence electrons. The first-order valence-electron chi connectivity index (χ1n) is 9.45. The van der Waals surface area contributed by atoms with E-state index in [9.17, 15) is 0 Å². The summed E-state index contributed by atoms with van der Waals surface area (Å²) in [7, 11) is -1.96. The Morgan fingerprint density at radius 1 is 1.04 bits per heavy atom. The van der Waals surface area contributed by atoms with Crippen LogP contribution in [-0.4, -0.2) is 21.0 Å². The first-order chi connectivity index (χ1) is 12.6. The summed E-state index contributed by atoms with van der Waals surface area (Å²) in [5, 5.41) is 3.65. The van der Waals surface area contributed by atoms with Gasteiger partial charge in [0, 0.05) is 12.0 Å². The van der Waals surface area contributed by atoms with Crippen molar-refractivity contribution in [3.8, 4) is 0 Å². The first-order valence-corrected chi connectivity index (χ1v) is 12.5. The summed E-state index contributed by atoms with van der Waals surface area (Å²) in [4.78, 5) is 0. The molecule has 0 radical (unpaired) electrons. The molecule has 1 aromatic heterocycles. The van der Waals surface area contributed by atoms with Crippen LogP contribution in [0.3, 0.4) is 0 Å². The Balaban J connectivity index is 1.61. The highest BCUT2D eigenvalue weighted by Gasteiger charge is 2.32. The smallest absolute Gasteiger partial charge is 0.158 e. The van der Waals surface area contributed by atoms with E-state index in [0.29, 0.717) is 6.61 Å². The van der Waals surface area contributed by atoms with Crippen molar-refractivity contribution in [1.82, 2.24) is 0 Å². The van der Waals surface area contributed by atoms with Gasteiger partial charge in [-0.15, -0.1) is 0 Å². The zero-order chi connectivity index (χ0) is 18.0. The minimum Gasteiger partial charge on any atom is -0.466 e. The van der Waals surface area contributed by atoms with Crippen molar-refractivity contribution >= 4 is 29.6 Å². The summed E-state index contributed by atoms with van der Waals surface area (Å²) in [6.45, 7) is 6.10. The summed E-state index contributed by atoms with van der Waals surface area (Å²) >= 11 is 0. The molecule has 0 N–H and O–H groups in total. The lowest BCUT2D eigenvalue weighted by atomic mass is 10.2. The van der Waals surface area contributed by atoms with E-state index in [1.165, 1.54) is 22.6 Å². The van der Waals surface area contributed by atoms with Gasteiger partial charge in [0.1, 0.15) is 5.58 Å². The molecular formula is C22H26O3Si. The van der Waals surface area contributed by atoms with Gasteiger partial charge in [-0.1, -0.05) is 55.6 Å². The number of ether oxygens (including phenoxy) is 2. The molecule has 2 heterocycles. The van der Waals surface area contributed by atoms with Crippen molar-refractivity contribution in [3.63, 3.8) is 0 Å². The Kier molecular flexibility index (Phi) is 4.98. The molecule has 3 nitrogen and oxygen atoms in total. The molecule has 1 atom stereocenters. The average Bonchev–Trinajstić information content (AvgIpc) is 3.12. The lowest BCUT2D eigenvalue weighted by molar-refractivity contribution is -0.168. The quantitative estimate of drug-likeness (QED) is 0.631. The lowest BCUT2D eigenvalue weighted by Crippen LogP contribution is -2.53. The molecule has 4 rings (SSSR count). The molecule has 4 heteroatoms. The van der Waals surface area contributed by atoms with Gasteiger partial charge in [0.25, 0.3) is 0 Å². The molecule has 26 heavy (non-hydrogen) atoms. The zero-order valence-electron chi connectivity index (χ0n) is 15.5. The first kappa shape index (κ1) is 17.5. The Bertz CT molecular complexity index is 845. The van der Waals surface area contributed by atoms with Crippen molar-refractivity contribution in [2.75, 3.05) is 6.61 Å². The maximum atomic E-state index is 6.23. The van der Waals surface area contributed by atoms with E-state index in [2.05, 4.69) is 55.6 Å². The molecule has 0 amide bonds. The predicted molar refractivity (Wildman–Crippen MR) is 108 cm³/mol. The van der Waals surface area contributed by atoms with Gasteiger partial charge < -0.3 is 13.9 Å². The number of hydrogen-bond donors (Lipinski definition) is 0. The number of rotatable bonds is 5. The summed E-state index contributed by atoms with van der Waals surface area (Å²) in [6.07, 6.45) is 3.26. The van der Waals surface area contributed by atoms with Crippen LogP contribution in [0, 0.1) is 0 Å². The minimum atomic E-state index is -1.96. The van der Waals surface area contributed by atoms with Gasteiger partial charge in [-0.25, -0.2) is 0 Å². The molecule has 0 spiro atoms. The summed E-state index contributed by atoms with van der Waals surface area (Å²) in [5.74, 6) is 0. The van der Waals surface area contributed by atoms with Crippen LogP contribution in [0.1, 0.15) is 24.8 Å². The van der Waals surface area contributed by atoms with Gasteiger partial charge in [-0.05, 0) is 42.1 Å². The third-order valence-electron chi connectivity index (χ3n) is 5.29. The van der Waals surface area contributed by atoms with Gasteiger partial charge in [-0.3, -0.25) is 0 Å². The summed E-state index contributed by atoms with van der Waals surface area (Å²) in [6, 6.07) is 19.1. The van der Waals surface area contributed by atoms with Gasteiger partial charge in [0.15, 0.2) is 14.4 Å².